The fraction of sp³-hybridized carbons (Fsp3) is 0.357. The van der Waals surface area contributed by atoms with Crippen LogP contribution in [0.2, 0.25) is 0 Å². The molecule has 2 N–H and O–H groups in total. The number of rotatable bonds is 3. The quantitative estimate of drug-likeness (QED) is 0.894. The van der Waals surface area contributed by atoms with E-state index in [4.69, 9.17) is 5.11 Å². The van der Waals surface area contributed by atoms with Crippen LogP contribution >= 0.6 is 0 Å². The van der Waals surface area contributed by atoms with E-state index in [-0.39, 0.29) is 11.1 Å². The highest BCUT2D eigenvalue weighted by molar-refractivity contribution is 5.87. The molecule has 0 unspecified atom stereocenters. The Morgan fingerprint density at radius 1 is 1.35 bits per heavy atom. The summed E-state index contributed by atoms with van der Waals surface area (Å²) in [7, 11) is 0. The number of carboxylic acid groups (broad SMARTS) is 1. The van der Waals surface area contributed by atoms with Crippen molar-refractivity contribution in [3.63, 3.8) is 0 Å². The summed E-state index contributed by atoms with van der Waals surface area (Å²) in [6.45, 7) is 0. The second-order valence-electron chi connectivity index (χ2n) is 5.07. The standard InChI is InChI=1S/C14H15N3O3/c18-13-8-11(9-3-1-2-4-9)16-17(13)12-7-10(14(19)20)5-6-15-12/h5-9,16H,1-4H2,(H,19,20). The first-order valence-corrected chi connectivity index (χ1v) is 6.67. The topological polar surface area (TPSA) is 88.0 Å². The highest BCUT2D eigenvalue weighted by Gasteiger charge is 2.20. The Morgan fingerprint density at radius 3 is 2.80 bits per heavy atom. The summed E-state index contributed by atoms with van der Waals surface area (Å²) in [6.07, 6.45) is 5.93. The zero-order valence-electron chi connectivity index (χ0n) is 10.9. The Kier molecular flexibility index (Phi) is 3.14. The summed E-state index contributed by atoms with van der Waals surface area (Å²) in [5.74, 6) is -0.338. The van der Waals surface area contributed by atoms with Crippen molar-refractivity contribution in [2.24, 2.45) is 0 Å². The second-order valence-corrected chi connectivity index (χ2v) is 5.07. The third-order valence-electron chi connectivity index (χ3n) is 3.76. The van der Waals surface area contributed by atoms with Crippen molar-refractivity contribution in [3.8, 4) is 5.82 Å². The van der Waals surface area contributed by atoms with Gasteiger partial charge in [0.15, 0.2) is 5.82 Å². The summed E-state index contributed by atoms with van der Waals surface area (Å²) >= 11 is 0. The highest BCUT2D eigenvalue weighted by atomic mass is 16.4. The summed E-state index contributed by atoms with van der Waals surface area (Å²) in [4.78, 5) is 27.0. The van der Waals surface area contributed by atoms with E-state index in [2.05, 4.69) is 10.1 Å². The maximum atomic E-state index is 12.0. The van der Waals surface area contributed by atoms with E-state index in [0.717, 1.165) is 18.5 Å². The summed E-state index contributed by atoms with van der Waals surface area (Å²) in [5, 5.41) is 12.0. The number of aromatic amines is 1. The number of hydrogen-bond acceptors (Lipinski definition) is 3. The van der Waals surface area contributed by atoms with Gasteiger partial charge in [0.25, 0.3) is 5.56 Å². The van der Waals surface area contributed by atoms with E-state index in [1.165, 1.54) is 35.9 Å². The Balaban J connectivity index is 1.99. The first kappa shape index (κ1) is 12.7. The maximum Gasteiger partial charge on any atom is 0.335 e. The number of pyridine rings is 1. The van der Waals surface area contributed by atoms with Crippen LogP contribution < -0.4 is 5.56 Å². The van der Waals surface area contributed by atoms with E-state index in [1.807, 2.05) is 0 Å². The molecular weight excluding hydrogens is 258 g/mol. The molecule has 1 saturated carbocycles. The van der Waals surface area contributed by atoms with E-state index >= 15 is 0 Å². The number of aromatic carboxylic acids is 1. The van der Waals surface area contributed by atoms with Crippen molar-refractivity contribution in [2.45, 2.75) is 31.6 Å². The zero-order valence-corrected chi connectivity index (χ0v) is 10.9. The van der Waals surface area contributed by atoms with Crippen LogP contribution in [-0.4, -0.2) is 25.8 Å². The minimum Gasteiger partial charge on any atom is -0.478 e. The van der Waals surface area contributed by atoms with Crippen molar-refractivity contribution in [1.82, 2.24) is 14.8 Å². The number of aromatic nitrogens is 3. The van der Waals surface area contributed by atoms with Crippen molar-refractivity contribution < 1.29 is 9.90 Å². The third-order valence-corrected chi connectivity index (χ3v) is 3.76. The molecule has 6 nitrogen and oxygen atoms in total. The van der Waals surface area contributed by atoms with Gasteiger partial charge in [-0.3, -0.25) is 9.89 Å². The van der Waals surface area contributed by atoms with Crippen LogP contribution in [0.1, 0.15) is 47.7 Å². The molecule has 0 aliphatic heterocycles. The lowest BCUT2D eigenvalue weighted by atomic mass is 10.1. The van der Waals surface area contributed by atoms with Crippen LogP contribution in [0.4, 0.5) is 0 Å². The molecular formula is C14H15N3O3. The molecule has 0 aromatic carbocycles. The average Bonchev–Trinajstić information content (AvgIpc) is 3.07. The molecule has 2 heterocycles. The smallest absolute Gasteiger partial charge is 0.335 e. The first-order valence-electron chi connectivity index (χ1n) is 6.67. The molecule has 1 aliphatic carbocycles. The molecule has 0 saturated heterocycles. The number of carbonyl (C=O) groups is 1. The van der Waals surface area contributed by atoms with Gasteiger partial charge in [-0.25, -0.2) is 14.5 Å². The van der Waals surface area contributed by atoms with Gasteiger partial charge in [0.1, 0.15) is 0 Å². The van der Waals surface area contributed by atoms with Gasteiger partial charge in [-0.15, -0.1) is 0 Å². The van der Waals surface area contributed by atoms with Crippen molar-refractivity contribution in [3.05, 3.63) is 46.0 Å². The van der Waals surface area contributed by atoms with Crippen molar-refractivity contribution in [2.75, 3.05) is 0 Å². The molecule has 1 aliphatic rings. The fourth-order valence-corrected chi connectivity index (χ4v) is 2.70. The Bertz CT molecular complexity index is 696. The minimum absolute atomic E-state index is 0.110. The van der Waals surface area contributed by atoms with Gasteiger partial charge in [0, 0.05) is 23.9 Å². The monoisotopic (exact) mass is 273 g/mol. The zero-order chi connectivity index (χ0) is 14.1. The molecule has 104 valence electrons. The number of H-pyrrole nitrogens is 1. The highest BCUT2D eigenvalue weighted by Crippen LogP contribution is 2.32. The molecule has 0 atom stereocenters. The minimum atomic E-state index is -1.04. The van der Waals surface area contributed by atoms with E-state index < -0.39 is 5.97 Å². The van der Waals surface area contributed by atoms with Gasteiger partial charge in [-0.1, -0.05) is 12.8 Å². The molecule has 1 fully saturated rings. The summed E-state index contributed by atoms with van der Waals surface area (Å²) in [5.41, 5.74) is 0.816. The van der Waals surface area contributed by atoms with Crippen LogP contribution in [-0.2, 0) is 0 Å². The second kappa shape index (κ2) is 4.96. The van der Waals surface area contributed by atoms with Crippen LogP contribution in [0.3, 0.4) is 0 Å². The summed E-state index contributed by atoms with van der Waals surface area (Å²) < 4.78 is 1.31. The normalized spacial score (nSPS) is 15.6. The molecule has 3 rings (SSSR count). The van der Waals surface area contributed by atoms with Gasteiger partial charge in [-0.2, -0.15) is 0 Å². The van der Waals surface area contributed by atoms with Gasteiger partial charge < -0.3 is 5.11 Å². The number of nitrogens with one attached hydrogen (secondary N) is 1. The predicted octanol–water partition coefficient (Wildman–Crippen LogP) is 1.92. The van der Waals surface area contributed by atoms with E-state index in [1.54, 1.807) is 6.07 Å². The number of carboxylic acids is 1. The largest absolute Gasteiger partial charge is 0.478 e. The number of nitrogens with zero attached hydrogens (tertiary/aromatic N) is 2. The lowest BCUT2D eigenvalue weighted by Crippen LogP contribution is -2.15. The van der Waals surface area contributed by atoms with Gasteiger partial charge in [-0.05, 0) is 25.0 Å². The molecule has 2 aromatic rings. The Hall–Kier alpha value is -2.37. The van der Waals surface area contributed by atoms with Gasteiger partial charge in [0.05, 0.1) is 5.56 Å². The van der Waals surface area contributed by atoms with Crippen molar-refractivity contribution in [1.29, 1.82) is 0 Å². The molecule has 2 aromatic heterocycles. The van der Waals surface area contributed by atoms with Crippen LogP contribution in [0.15, 0.2) is 29.2 Å². The van der Waals surface area contributed by atoms with Gasteiger partial charge >= 0.3 is 5.97 Å². The van der Waals surface area contributed by atoms with Crippen LogP contribution in [0.25, 0.3) is 5.82 Å². The Labute approximate surface area is 115 Å². The predicted molar refractivity (Wildman–Crippen MR) is 72.4 cm³/mol. The molecule has 0 amide bonds. The summed E-state index contributed by atoms with van der Waals surface area (Å²) in [6, 6.07) is 4.38. The lowest BCUT2D eigenvalue weighted by molar-refractivity contribution is 0.0696. The van der Waals surface area contributed by atoms with Crippen LogP contribution in [0.5, 0.6) is 0 Å². The van der Waals surface area contributed by atoms with Gasteiger partial charge in [0.2, 0.25) is 0 Å². The van der Waals surface area contributed by atoms with Crippen LogP contribution in [0, 0.1) is 0 Å². The fourth-order valence-electron chi connectivity index (χ4n) is 2.70. The molecule has 0 radical (unpaired) electrons. The molecule has 0 spiro atoms. The van der Waals surface area contributed by atoms with E-state index in [9.17, 15) is 9.59 Å². The lowest BCUT2D eigenvalue weighted by Gasteiger charge is -2.06. The Morgan fingerprint density at radius 2 is 2.10 bits per heavy atom. The SMILES string of the molecule is O=C(O)c1ccnc(-n2[nH]c(C3CCCC3)cc2=O)c1. The van der Waals surface area contributed by atoms with Crippen molar-refractivity contribution >= 4 is 5.97 Å². The van der Waals surface area contributed by atoms with E-state index in [0.29, 0.717) is 11.7 Å². The molecule has 0 bridgehead atoms. The number of hydrogen-bond donors (Lipinski definition) is 2. The molecule has 6 heteroatoms. The third kappa shape index (κ3) is 2.24. The maximum absolute atomic E-state index is 12.0. The average molecular weight is 273 g/mol. The molecule has 20 heavy (non-hydrogen) atoms. The first-order chi connectivity index (χ1) is 9.65.